The van der Waals surface area contributed by atoms with E-state index in [0.29, 0.717) is 0 Å². The van der Waals surface area contributed by atoms with E-state index in [0.717, 1.165) is 38.9 Å². The number of rotatable bonds is 32. The summed E-state index contributed by atoms with van der Waals surface area (Å²) in [5.41, 5.74) is 29.9. The molecule has 644 valence electrons. The van der Waals surface area contributed by atoms with Crippen molar-refractivity contribution < 1.29 is 131 Å². The lowest BCUT2D eigenvalue weighted by Crippen LogP contribution is -2.32. The molecule has 6 fully saturated rings. The van der Waals surface area contributed by atoms with Crippen molar-refractivity contribution in [2.24, 2.45) is 0 Å². The Balaban J connectivity index is 0.637. The van der Waals surface area contributed by atoms with Crippen molar-refractivity contribution in [2.45, 2.75) is 149 Å². The number of aromatic nitrogens is 18. The van der Waals surface area contributed by atoms with Crippen LogP contribution in [-0.4, -0.2) is 235 Å². The number of hydrogen-bond donors (Lipinski definition) is 15. The molecule has 15 rings (SSSR count). The van der Waals surface area contributed by atoms with Crippen LogP contribution in [0.4, 0.5) is 35.2 Å². The lowest BCUT2D eigenvalue weighted by Gasteiger charge is -2.26. The number of aromatic amines is 2. The van der Waals surface area contributed by atoms with Gasteiger partial charge in [0.25, 0.3) is 11.1 Å². The molecule has 6 saturated heterocycles. The van der Waals surface area contributed by atoms with Crippen LogP contribution in [0.1, 0.15) is 75.9 Å². The highest BCUT2D eigenvalue weighted by atomic mass is 31.2. The van der Waals surface area contributed by atoms with E-state index in [9.17, 15) is 81.5 Å². The highest BCUT2D eigenvalue weighted by Gasteiger charge is 2.52. The Morgan fingerprint density at radius 1 is 0.387 bits per heavy atom. The fraction of sp³-hybridized carbons (Fsp3) is 0.526. The fourth-order valence-electron chi connectivity index (χ4n) is 13.9. The van der Waals surface area contributed by atoms with Crippen molar-refractivity contribution in [3.05, 3.63) is 114 Å². The molecule has 0 saturated carbocycles. The lowest BCUT2D eigenvalue weighted by molar-refractivity contribution is -0.0646. The molecule has 57 nitrogen and oxygen atoms in total. The molecule has 21 N–H and O–H groups in total. The van der Waals surface area contributed by atoms with Gasteiger partial charge in [-0.3, -0.25) is 92.2 Å². The molecule has 9 aromatic heterocycles. The molecule has 15 heterocycles. The van der Waals surface area contributed by atoms with Gasteiger partial charge in [0.15, 0.2) is 33.8 Å². The minimum absolute atomic E-state index is 0.0524. The molecule has 0 aromatic carbocycles. The van der Waals surface area contributed by atoms with E-state index in [1.54, 1.807) is 0 Å². The molecular weight excluding hydrogens is 1700 g/mol. The summed E-state index contributed by atoms with van der Waals surface area (Å²) >= 11 is 0. The van der Waals surface area contributed by atoms with Crippen LogP contribution in [0.25, 0.3) is 33.5 Å². The van der Waals surface area contributed by atoms with Crippen LogP contribution >= 0.6 is 39.1 Å². The molecule has 0 bridgehead atoms. The summed E-state index contributed by atoms with van der Waals surface area (Å²) in [6.45, 7) is -5.83. The van der Waals surface area contributed by atoms with Gasteiger partial charge in [0.1, 0.15) is 134 Å². The minimum Gasteiger partial charge on any atom is -0.394 e. The summed E-state index contributed by atoms with van der Waals surface area (Å²) in [6.07, 6.45) is -21.2. The highest BCUT2D eigenvalue weighted by Crippen LogP contribution is 2.57. The van der Waals surface area contributed by atoms with Crippen LogP contribution in [0.15, 0.2) is 86.1 Å². The number of H-pyrrole nitrogens is 2. The average molecular weight is 1780 g/mol. The first kappa shape index (κ1) is 84.9. The number of aliphatic hydroxyl groups excluding tert-OH is 2. The number of ether oxygens (including phenoxy) is 6. The monoisotopic (exact) mass is 1780 g/mol. The molecule has 0 radical (unpaired) electrons. The van der Waals surface area contributed by atoms with Gasteiger partial charge in [-0.2, -0.15) is 24.9 Å². The van der Waals surface area contributed by atoms with Crippen molar-refractivity contribution >= 4 is 108 Å². The van der Waals surface area contributed by atoms with E-state index in [4.69, 9.17) is 108 Å². The number of nitrogens with one attached hydrogen (secondary N) is 2. The Labute approximate surface area is 661 Å². The molecule has 0 aliphatic carbocycles. The third-order valence-corrected chi connectivity index (χ3v) is 24.4. The predicted molar refractivity (Wildman–Crippen MR) is 391 cm³/mol. The molecule has 0 spiro atoms. The number of fused-ring (bicyclic) bond motifs is 3. The third kappa shape index (κ3) is 19.0. The number of anilines is 6. The topological polar surface area (TPSA) is 806 Å². The molecule has 6 aliphatic rings. The van der Waals surface area contributed by atoms with E-state index in [2.05, 4.69) is 59.8 Å². The quantitative estimate of drug-likeness (QED) is 0.0186. The summed E-state index contributed by atoms with van der Waals surface area (Å²) in [6, 6.07) is 3.77. The standard InChI is InChI=1S/C57H73N24O33P5/c58-35-1-4-76(55(86)69-35)38-7-23(83)30(105-38)14-99-115(89,90)112-27-11-42(80-21-67-45-49(80)72-53(62)74-51(45)84)109-34(27)18-103-117(93,94)111-25-9-40(78-6-3-37(60)71-57(78)88)106-31(25)15-101-118(95,96)113-26-10-41(79-20-66-44-47(61)64-19-65-48(44)79)107-32(26)16-102-119(97,98)114-28-12-43(81-22-68-46-50(81)73-54(63)75-52(46)85)108-33(28)17-100-116(91,92)110-24-8-39(104-29(24)13-82)77-5-2-36(59)70-56(77)87/h1-6,19-34,38-43,82-83H,7-18H2,(H,89,90)(H,91,92)(H,93,94)(H,95,96)(H,97,98)(H2,58,69,86)(H2,59,70,87)(H2,60,71,88)(H2,61,64,65)(H3,62,72,74,84)(H3,63,73,75,85)/t23-,24-,25-,26-,27-,28-,29+,30+,31+,32+,33+,34+,38+,39+,40+,41+,42+,43+/m0/s1. The summed E-state index contributed by atoms with van der Waals surface area (Å²) in [5, 5.41) is 21.0. The Hall–Kier alpha value is -9.08. The SMILES string of the molecule is Nc1ccn([C@H]2C[C@H](OP(=O)(O)OC[C@H]3O[C@@H](n4cnc5c(=O)[nH]c(N)nc54)C[C@@H]3OP(=O)(O)OC[C@H]3O[C@@H](n4cnc5c(N)ncnc54)C[C@@H]3OP(=O)(O)OC[C@H]3O[C@@H](n4ccc(N)nc4=O)C[C@@H]3OP(=O)(O)OC[C@H]3O[C@@H](n4cnc5c(=O)[nH]c(N)nc54)C[C@@H]3OP(=O)(O)OC[C@H]3O[C@@H](n4ccc(N)nc4=O)C[C@@H]3O)[C@@H](CO)O2)c(=O)n1. The van der Waals surface area contributed by atoms with Gasteiger partial charge in [-0.1, -0.05) is 0 Å². The lowest BCUT2D eigenvalue weighted by atomic mass is 10.2. The predicted octanol–water partition coefficient (Wildman–Crippen LogP) is -3.05. The number of aliphatic hydroxyl groups is 2. The number of imidazole rings is 3. The molecule has 119 heavy (non-hydrogen) atoms. The van der Waals surface area contributed by atoms with E-state index in [1.165, 1.54) is 50.6 Å². The van der Waals surface area contributed by atoms with Gasteiger partial charge in [-0.05, 0) is 18.2 Å². The molecule has 0 amide bonds. The maximum atomic E-state index is 14.5. The smallest absolute Gasteiger partial charge is 0.394 e. The second-order valence-corrected chi connectivity index (χ2v) is 34.3. The van der Waals surface area contributed by atoms with Crippen LogP contribution in [0, 0.1) is 0 Å². The summed E-state index contributed by atoms with van der Waals surface area (Å²) in [7, 11) is -27.4. The van der Waals surface area contributed by atoms with Gasteiger partial charge in [0.05, 0.1) is 64.7 Å². The Bertz CT molecular complexity index is 5880. The van der Waals surface area contributed by atoms with Crippen molar-refractivity contribution in [3.8, 4) is 0 Å². The van der Waals surface area contributed by atoms with Crippen LogP contribution in [-0.2, 0) is 96.5 Å². The molecule has 62 heteroatoms. The molecule has 23 atom stereocenters. The van der Waals surface area contributed by atoms with E-state index in [1.807, 2.05) is 0 Å². The number of phosphoric acid groups is 5. The number of hydrogen-bond acceptors (Lipinski definition) is 44. The van der Waals surface area contributed by atoms with Gasteiger partial charge < -0.3 is 97.5 Å². The number of phosphoric ester groups is 5. The van der Waals surface area contributed by atoms with Gasteiger partial charge in [-0.25, -0.2) is 62.1 Å². The van der Waals surface area contributed by atoms with Crippen molar-refractivity contribution in [1.29, 1.82) is 0 Å². The first-order valence-corrected chi connectivity index (χ1v) is 42.8. The van der Waals surface area contributed by atoms with Crippen molar-refractivity contribution in [3.63, 3.8) is 0 Å². The van der Waals surface area contributed by atoms with E-state index < -0.39 is 243 Å². The van der Waals surface area contributed by atoms with Crippen LogP contribution in [0.2, 0.25) is 0 Å². The number of nitrogen functional groups attached to an aromatic ring is 6. The normalized spacial score (nSPS) is 29.8. The number of nitrogens with two attached hydrogens (primary N) is 6. The van der Waals surface area contributed by atoms with Crippen LogP contribution in [0.5, 0.6) is 0 Å². The van der Waals surface area contributed by atoms with Crippen molar-refractivity contribution in [2.75, 3.05) is 74.0 Å². The summed E-state index contributed by atoms with van der Waals surface area (Å²) < 4.78 is 169. The second kappa shape index (κ2) is 33.7. The summed E-state index contributed by atoms with van der Waals surface area (Å²) in [5.74, 6) is -1.24. The Kier molecular flexibility index (Phi) is 24.1. The maximum Gasteiger partial charge on any atom is 0.472 e. The third-order valence-electron chi connectivity index (χ3n) is 19.3. The second-order valence-electron chi connectivity index (χ2n) is 27.2. The average Bonchev–Trinajstić information content (AvgIpc) is 1.63. The largest absolute Gasteiger partial charge is 0.472 e. The van der Waals surface area contributed by atoms with Crippen LogP contribution in [0.3, 0.4) is 0 Å². The molecule has 6 aliphatic heterocycles. The Morgan fingerprint density at radius 3 is 1.03 bits per heavy atom. The van der Waals surface area contributed by atoms with E-state index in [-0.39, 0.29) is 81.5 Å². The highest BCUT2D eigenvalue weighted by molar-refractivity contribution is 7.48. The van der Waals surface area contributed by atoms with Crippen molar-refractivity contribution in [1.82, 2.24) is 87.2 Å². The Morgan fingerprint density at radius 2 is 0.681 bits per heavy atom. The summed E-state index contributed by atoms with van der Waals surface area (Å²) in [4.78, 5) is 166. The van der Waals surface area contributed by atoms with Gasteiger partial charge in [0, 0.05) is 57.1 Å². The molecule has 5 unspecified atom stereocenters. The minimum atomic E-state index is -5.61. The first-order chi connectivity index (χ1) is 56.4. The fourth-order valence-corrected chi connectivity index (χ4v) is 18.7. The first-order valence-electron chi connectivity index (χ1n) is 35.3. The zero-order valence-corrected chi connectivity index (χ0v) is 65.2. The van der Waals surface area contributed by atoms with E-state index >= 15 is 0 Å². The van der Waals surface area contributed by atoms with Crippen LogP contribution < -0.4 is 62.6 Å². The zero-order valence-electron chi connectivity index (χ0n) is 60.8. The van der Waals surface area contributed by atoms with Gasteiger partial charge >= 0.3 is 56.2 Å². The zero-order chi connectivity index (χ0) is 84.5. The van der Waals surface area contributed by atoms with Gasteiger partial charge in [0.2, 0.25) is 11.9 Å². The van der Waals surface area contributed by atoms with Gasteiger partial charge in [-0.15, -0.1) is 0 Å². The molecular formula is C57H73N24O33P5. The maximum absolute atomic E-state index is 14.5. The number of nitrogens with zero attached hydrogens (tertiary/aromatic N) is 16. The molecule has 9 aromatic rings.